The van der Waals surface area contributed by atoms with Gasteiger partial charge in [-0.05, 0) is 30.5 Å². The highest BCUT2D eigenvalue weighted by Gasteiger charge is 2.20. The molecule has 2 aromatic rings. The van der Waals surface area contributed by atoms with Crippen molar-refractivity contribution in [3.8, 4) is 0 Å². The first-order valence-corrected chi connectivity index (χ1v) is 8.41. The average Bonchev–Trinajstić information content (AvgIpc) is 2.49. The molecule has 2 aromatic carbocycles. The second kappa shape index (κ2) is 6.74. The summed E-state index contributed by atoms with van der Waals surface area (Å²) in [7, 11) is -3.45. The first kappa shape index (κ1) is 15.5. The molecule has 0 spiro atoms. The molecule has 0 aromatic heterocycles. The minimum Gasteiger partial charge on any atom is -0.329 e. The molecule has 2 rings (SSSR count). The van der Waals surface area contributed by atoms with Gasteiger partial charge in [-0.1, -0.05) is 48.5 Å². The molecule has 0 aliphatic carbocycles. The van der Waals surface area contributed by atoms with Gasteiger partial charge in [0.1, 0.15) is 0 Å². The molecule has 4 nitrogen and oxygen atoms in total. The summed E-state index contributed by atoms with van der Waals surface area (Å²) in [6.07, 6.45) is 0.677. The molecule has 0 saturated heterocycles. The largest absolute Gasteiger partial charge is 0.329 e. The maximum absolute atomic E-state index is 12.1. The van der Waals surface area contributed by atoms with E-state index >= 15 is 0 Å². The third-order valence-electron chi connectivity index (χ3n) is 3.37. The molecule has 5 heteroatoms. The number of hydrogen-bond donors (Lipinski definition) is 2. The highest BCUT2D eigenvalue weighted by atomic mass is 32.2. The zero-order chi connectivity index (χ0) is 15.3. The Hall–Kier alpha value is -1.85. The molecular weight excluding hydrogens is 284 g/mol. The van der Waals surface area contributed by atoms with E-state index in [1.54, 1.807) is 13.0 Å². The first-order chi connectivity index (χ1) is 10.0. The van der Waals surface area contributed by atoms with Crippen molar-refractivity contribution in [3.05, 3.63) is 65.7 Å². The Morgan fingerprint density at radius 3 is 2.33 bits per heavy atom. The summed E-state index contributed by atoms with van der Waals surface area (Å²) in [6.45, 7) is 1.69. The van der Waals surface area contributed by atoms with Crippen molar-refractivity contribution in [2.75, 3.05) is 11.3 Å². The lowest BCUT2D eigenvalue weighted by Crippen LogP contribution is -2.31. The van der Waals surface area contributed by atoms with Gasteiger partial charge in [-0.2, -0.15) is 0 Å². The molecule has 1 unspecified atom stereocenters. The van der Waals surface area contributed by atoms with Crippen LogP contribution in [0.2, 0.25) is 0 Å². The van der Waals surface area contributed by atoms with Gasteiger partial charge in [0.05, 0.1) is 10.9 Å². The fourth-order valence-corrected chi connectivity index (χ4v) is 2.93. The number of hydrogen-bond acceptors (Lipinski definition) is 3. The van der Waals surface area contributed by atoms with Gasteiger partial charge >= 0.3 is 0 Å². The van der Waals surface area contributed by atoms with E-state index in [0.717, 1.165) is 11.1 Å². The van der Waals surface area contributed by atoms with Gasteiger partial charge in [0, 0.05) is 6.54 Å². The molecule has 0 aliphatic heterocycles. The fraction of sp³-hybridized carbons (Fsp3) is 0.250. The van der Waals surface area contributed by atoms with Crippen molar-refractivity contribution in [1.29, 1.82) is 0 Å². The van der Waals surface area contributed by atoms with Crippen LogP contribution in [0.3, 0.4) is 0 Å². The quantitative estimate of drug-likeness (QED) is 0.860. The summed E-state index contributed by atoms with van der Waals surface area (Å²) < 4.78 is 26.9. The van der Waals surface area contributed by atoms with Crippen molar-refractivity contribution in [3.63, 3.8) is 0 Å². The van der Waals surface area contributed by atoms with E-state index < -0.39 is 15.3 Å². The van der Waals surface area contributed by atoms with Crippen molar-refractivity contribution in [2.45, 2.75) is 18.6 Å². The van der Waals surface area contributed by atoms with Crippen molar-refractivity contribution < 1.29 is 8.42 Å². The van der Waals surface area contributed by atoms with Gasteiger partial charge in [0.15, 0.2) is 0 Å². The van der Waals surface area contributed by atoms with E-state index in [1.807, 2.05) is 48.5 Å². The highest BCUT2D eigenvalue weighted by molar-refractivity contribution is 7.93. The van der Waals surface area contributed by atoms with E-state index in [2.05, 4.69) is 4.72 Å². The summed E-state index contributed by atoms with van der Waals surface area (Å²) in [5.41, 5.74) is 8.14. The maximum atomic E-state index is 12.1. The molecule has 3 N–H and O–H groups in total. The van der Waals surface area contributed by atoms with Crippen LogP contribution in [-0.4, -0.2) is 20.2 Å². The molecule has 21 heavy (non-hydrogen) atoms. The zero-order valence-electron chi connectivity index (χ0n) is 12.0. The minimum absolute atomic E-state index is 0.0934. The Morgan fingerprint density at radius 1 is 1.05 bits per heavy atom. The fourth-order valence-electron chi connectivity index (χ4n) is 1.97. The smallest absolute Gasteiger partial charge is 0.236 e. The van der Waals surface area contributed by atoms with Crippen molar-refractivity contribution in [1.82, 2.24) is 0 Å². The molecule has 0 amide bonds. The predicted octanol–water partition coefficient (Wildman–Crippen LogP) is 2.37. The number of benzene rings is 2. The van der Waals surface area contributed by atoms with Crippen LogP contribution in [0.25, 0.3) is 0 Å². The van der Waals surface area contributed by atoms with E-state index in [0.29, 0.717) is 12.1 Å². The van der Waals surface area contributed by atoms with E-state index in [4.69, 9.17) is 5.73 Å². The van der Waals surface area contributed by atoms with E-state index in [-0.39, 0.29) is 6.54 Å². The van der Waals surface area contributed by atoms with Gasteiger partial charge < -0.3 is 5.73 Å². The first-order valence-electron chi connectivity index (χ1n) is 6.86. The summed E-state index contributed by atoms with van der Waals surface area (Å²) in [6, 6.07) is 17.4. The molecule has 112 valence electrons. The zero-order valence-corrected chi connectivity index (χ0v) is 12.8. The Morgan fingerprint density at radius 2 is 1.67 bits per heavy atom. The van der Waals surface area contributed by atoms with Crippen LogP contribution < -0.4 is 10.5 Å². The molecule has 0 aliphatic rings. The SMILES string of the molecule is CC(CN)S(=O)(=O)Nc1ccccc1Cc1ccccc1. The van der Waals surface area contributed by atoms with E-state index in [1.165, 1.54) is 0 Å². The highest BCUT2D eigenvalue weighted by Crippen LogP contribution is 2.21. The van der Waals surface area contributed by atoms with Gasteiger partial charge in [-0.25, -0.2) is 8.42 Å². The Balaban J connectivity index is 2.26. The number of anilines is 1. The molecule has 0 heterocycles. The molecule has 0 radical (unpaired) electrons. The second-order valence-corrected chi connectivity index (χ2v) is 7.11. The Kier molecular flexibility index (Phi) is 4.98. The van der Waals surface area contributed by atoms with Crippen LogP contribution in [0.15, 0.2) is 54.6 Å². The molecule has 0 bridgehead atoms. The van der Waals surface area contributed by atoms with Crippen LogP contribution in [0.1, 0.15) is 18.1 Å². The van der Waals surface area contributed by atoms with Gasteiger partial charge in [0.2, 0.25) is 10.0 Å². The molecule has 1 atom stereocenters. The van der Waals surface area contributed by atoms with Crippen LogP contribution >= 0.6 is 0 Å². The van der Waals surface area contributed by atoms with Crippen LogP contribution in [0, 0.1) is 0 Å². The number of nitrogens with one attached hydrogen (secondary N) is 1. The Bertz CT molecular complexity index is 684. The van der Waals surface area contributed by atoms with Gasteiger partial charge in [0.25, 0.3) is 0 Å². The number of nitrogens with two attached hydrogens (primary N) is 1. The Labute approximate surface area is 126 Å². The van der Waals surface area contributed by atoms with Gasteiger partial charge in [-0.15, -0.1) is 0 Å². The molecule has 0 saturated carbocycles. The standard InChI is InChI=1S/C16H20N2O2S/c1-13(12-17)21(19,20)18-16-10-6-5-9-15(16)11-14-7-3-2-4-8-14/h2-10,13,18H,11-12,17H2,1H3. The number of sulfonamides is 1. The van der Waals surface area contributed by atoms with Crippen LogP contribution in [-0.2, 0) is 16.4 Å². The number of para-hydroxylation sites is 1. The summed E-state index contributed by atoms with van der Waals surface area (Å²) >= 11 is 0. The average molecular weight is 304 g/mol. The van der Waals surface area contributed by atoms with Crippen molar-refractivity contribution >= 4 is 15.7 Å². The predicted molar refractivity (Wildman–Crippen MR) is 86.7 cm³/mol. The lowest BCUT2D eigenvalue weighted by atomic mass is 10.0. The monoisotopic (exact) mass is 304 g/mol. The van der Waals surface area contributed by atoms with Crippen molar-refractivity contribution in [2.24, 2.45) is 5.73 Å². The van der Waals surface area contributed by atoms with Crippen LogP contribution in [0.4, 0.5) is 5.69 Å². The summed E-state index contributed by atoms with van der Waals surface area (Å²) in [5.74, 6) is 0. The lowest BCUT2D eigenvalue weighted by molar-refractivity contribution is 0.589. The summed E-state index contributed by atoms with van der Waals surface area (Å²) in [5, 5.41) is -0.623. The van der Waals surface area contributed by atoms with E-state index in [9.17, 15) is 8.42 Å². The third-order valence-corrected chi connectivity index (χ3v) is 5.12. The lowest BCUT2D eigenvalue weighted by Gasteiger charge is -2.16. The second-order valence-electron chi connectivity index (χ2n) is 5.01. The molecular formula is C16H20N2O2S. The van der Waals surface area contributed by atoms with Crippen LogP contribution in [0.5, 0.6) is 0 Å². The van der Waals surface area contributed by atoms with Gasteiger partial charge in [-0.3, -0.25) is 4.72 Å². The molecule has 0 fully saturated rings. The maximum Gasteiger partial charge on any atom is 0.236 e. The number of rotatable bonds is 6. The third kappa shape index (κ3) is 4.06. The normalized spacial score (nSPS) is 12.9. The minimum atomic E-state index is -3.45. The summed E-state index contributed by atoms with van der Waals surface area (Å²) in [4.78, 5) is 0. The topological polar surface area (TPSA) is 72.2 Å².